The van der Waals surface area contributed by atoms with E-state index >= 15 is 0 Å². The van der Waals surface area contributed by atoms with Crippen LogP contribution in [-0.4, -0.2) is 18.6 Å². The lowest BCUT2D eigenvalue weighted by Crippen LogP contribution is -2.36. The van der Waals surface area contributed by atoms with Crippen LogP contribution in [0.15, 0.2) is 41.1 Å². The number of hydrogen-bond donors (Lipinski definition) is 1. The number of nitrogens with one attached hydrogen (secondary N) is 1. The molecule has 0 saturated carbocycles. The van der Waals surface area contributed by atoms with Crippen LogP contribution in [0.25, 0.3) is 0 Å². The van der Waals surface area contributed by atoms with Crippen molar-refractivity contribution in [3.63, 3.8) is 0 Å². The first kappa shape index (κ1) is 12.4. The standard InChI is InChI=1S/C15H15NO2S/c17-15(13-5-6-19-10-13)16-8-14-7-11-3-1-2-4-12(11)9-18-14/h1-6,10,14H,7-9H2,(H,16,17). The SMILES string of the molecule is O=C(NCC1Cc2ccccc2CO1)c1ccsc1. The molecule has 1 aromatic carbocycles. The molecule has 4 heteroatoms. The van der Waals surface area contributed by atoms with Crippen molar-refractivity contribution < 1.29 is 9.53 Å². The summed E-state index contributed by atoms with van der Waals surface area (Å²) in [6.45, 7) is 1.19. The second kappa shape index (κ2) is 5.55. The molecule has 1 aromatic heterocycles. The molecule has 2 heterocycles. The highest BCUT2D eigenvalue weighted by Crippen LogP contribution is 2.19. The van der Waals surface area contributed by atoms with Gasteiger partial charge in [0.05, 0.1) is 12.7 Å². The Balaban J connectivity index is 1.57. The minimum absolute atomic E-state index is 0.0243. The number of carbonyl (C=O) groups excluding carboxylic acids is 1. The number of hydrogen-bond acceptors (Lipinski definition) is 3. The lowest BCUT2D eigenvalue weighted by molar-refractivity contribution is 0.0285. The van der Waals surface area contributed by atoms with Gasteiger partial charge < -0.3 is 10.1 Å². The Morgan fingerprint density at radius 1 is 1.32 bits per heavy atom. The number of benzene rings is 1. The van der Waals surface area contributed by atoms with Gasteiger partial charge in [0.25, 0.3) is 5.91 Å². The van der Waals surface area contributed by atoms with Crippen LogP contribution in [0.2, 0.25) is 0 Å². The van der Waals surface area contributed by atoms with Crippen LogP contribution in [0.1, 0.15) is 21.5 Å². The van der Waals surface area contributed by atoms with Gasteiger partial charge in [0, 0.05) is 23.9 Å². The second-order valence-corrected chi connectivity index (χ2v) is 5.41. The third-order valence-corrected chi connectivity index (χ3v) is 4.00. The molecule has 1 unspecified atom stereocenters. The first-order valence-corrected chi connectivity index (χ1v) is 7.26. The van der Waals surface area contributed by atoms with Crippen molar-refractivity contribution in [2.24, 2.45) is 0 Å². The highest BCUT2D eigenvalue weighted by Gasteiger charge is 2.19. The van der Waals surface area contributed by atoms with Crippen LogP contribution in [-0.2, 0) is 17.8 Å². The van der Waals surface area contributed by atoms with Crippen molar-refractivity contribution in [1.82, 2.24) is 5.32 Å². The van der Waals surface area contributed by atoms with E-state index in [0.29, 0.717) is 13.2 Å². The van der Waals surface area contributed by atoms with Crippen molar-refractivity contribution in [2.75, 3.05) is 6.54 Å². The van der Waals surface area contributed by atoms with Gasteiger partial charge in [-0.15, -0.1) is 0 Å². The number of thiophene rings is 1. The van der Waals surface area contributed by atoms with Gasteiger partial charge >= 0.3 is 0 Å². The van der Waals surface area contributed by atoms with E-state index in [4.69, 9.17) is 4.74 Å². The fourth-order valence-electron chi connectivity index (χ4n) is 2.24. The molecule has 98 valence electrons. The lowest BCUT2D eigenvalue weighted by Gasteiger charge is -2.25. The summed E-state index contributed by atoms with van der Waals surface area (Å²) in [5, 5.41) is 6.69. The molecule has 1 atom stereocenters. The molecule has 1 N–H and O–H groups in total. The van der Waals surface area contributed by atoms with Gasteiger partial charge in [-0.25, -0.2) is 0 Å². The molecule has 1 amide bonds. The van der Waals surface area contributed by atoms with E-state index in [1.807, 2.05) is 29.0 Å². The van der Waals surface area contributed by atoms with Gasteiger partial charge in [-0.2, -0.15) is 11.3 Å². The first-order chi connectivity index (χ1) is 9.33. The van der Waals surface area contributed by atoms with Gasteiger partial charge in [0.15, 0.2) is 0 Å². The van der Waals surface area contributed by atoms with Crippen LogP contribution in [0, 0.1) is 0 Å². The summed E-state index contributed by atoms with van der Waals surface area (Å²) >= 11 is 1.53. The Hall–Kier alpha value is -1.65. The van der Waals surface area contributed by atoms with E-state index in [2.05, 4.69) is 17.4 Å². The maximum absolute atomic E-state index is 11.8. The van der Waals surface area contributed by atoms with E-state index in [1.165, 1.54) is 22.5 Å². The summed E-state index contributed by atoms with van der Waals surface area (Å²) in [6.07, 6.45) is 0.928. The van der Waals surface area contributed by atoms with Crippen LogP contribution in [0.5, 0.6) is 0 Å². The lowest BCUT2D eigenvalue weighted by atomic mass is 9.99. The Bertz CT molecular complexity index is 565. The highest BCUT2D eigenvalue weighted by atomic mass is 32.1. The number of carbonyl (C=O) groups is 1. The minimum Gasteiger partial charge on any atom is -0.371 e. The van der Waals surface area contributed by atoms with E-state index in [-0.39, 0.29) is 12.0 Å². The number of amides is 1. The van der Waals surface area contributed by atoms with Gasteiger partial charge in [0.1, 0.15) is 0 Å². The van der Waals surface area contributed by atoms with Crippen molar-refractivity contribution in [3.8, 4) is 0 Å². The molecular weight excluding hydrogens is 258 g/mol. The zero-order valence-corrected chi connectivity index (χ0v) is 11.3. The predicted molar refractivity (Wildman–Crippen MR) is 75.4 cm³/mol. The number of ether oxygens (including phenoxy) is 1. The Labute approximate surface area is 116 Å². The fourth-order valence-corrected chi connectivity index (χ4v) is 2.88. The Kier molecular flexibility index (Phi) is 3.62. The summed E-state index contributed by atoms with van der Waals surface area (Å²) in [7, 11) is 0. The van der Waals surface area contributed by atoms with Crippen LogP contribution >= 0.6 is 11.3 Å². The van der Waals surface area contributed by atoms with Crippen molar-refractivity contribution >= 4 is 17.2 Å². The monoisotopic (exact) mass is 273 g/mol. The largest absolute Gasteiger partial charge is 0.371 e. The van der Waals surface area contributed by atoms with Crippen LogP contribution in [0.3, 0.4) is 0 Å². The van der Waals surface area contributed by atoms with Crippen LogP contribution in [0.4, 0.5) is 0 Å². The molecule has 0 spiro atoms. The molecule has 3 rings (SSSR count). The average molecular weight is 273 g/mol. The third-order valence-electron chi connectivity index (χ3n) is 3.31. The molecule has 0 fully saturated rings. The van der Waals surface area contributed by atoms with Gasteiger partial charge in [-0.3, -0.25) is 4.79 Å². The number of fused-ring (bicyclic) bond motifs is 1. The molecule has 0 bridgehead atoms. The molecule has 0 saturated heterocycles. The summed E-state index contributed by atoms with van der Waals surface area (Å²) in [6, 6.07) is 10.1. The van der Waals surface area contributed by atoms with E-state index in [9.17, 15) is 4.79 Å². The average Bonchev–Trinajstić information content (AvgIpc) is 2.99. The molecule has 0 radical (unpaired) electrons. The van der Waals surface area contributed by atoms with E-state index in [1.54, 1.807) is 0 Å². The molecule has 3 nitrogen and oxygen atoms in total. The molecular formula is C15H15NO2S. The molecule has 0 aliphatic carbocycles. The molecule has 2 aromatic rings. The Morgan fingerprint density at radius 3 is 2.95 bits per heavy atom. The summed E-state index contributed by atoms with van der Waals surface area (Å²) < 4.78 is 5.76. The van der Waals surface area contributed by atoms with Gasteiger partial charge in [0.2, 0.25) is 0 Å². The van der Waals surface area contributed by atoms with Gasteiger partial charge in [-0.1, -0.05) is 24.3 Å². The van der Waals surface area contributed by atoms with Crippen LogP contribution < -0.4 is 5.32 Å². The summed E-state index contributed by atoms with van der Waals surface area (Å²) in [5.74, 6) is -0.0243. The molecule has 1 aliphatic rings. The second-order valence-electron chi connectivity index (χ2n) is 4.63. The zero-order valence-electron chi connectivity index (χ0n) is 10.5. The maximum Gasteiger partial charge on any atom is 0.252 e. The van der Waals surface area contributed by atoms with E-state index in [0.717, 1.165) is 12.0 Å². The van der Waals surface area contributed by atoms with Crippen molar-refractivity contribution in [3.05, 3.63) is 57.8 Å². The Morgan fingerprint density at radius 2 is 2.16 bits per heavy atom. The normalized spacial score (nSPS) is 17.8. The third kappa shape index (κ3) is 2.85. The predicted octanol–water partition coefficient (Wildman–Crippen LogP) is 2.62. The smallest absolute Gasteiger partial charge is 0.252 e. The number of rotatable bonds is 3. The highest BCUT2D eigenvalue weighted by molar-refractivity contribution is 7.08. The summed E-state index contributed by atoms with van der Waals surface area (Å²) in [5.41, 5.74) is 3.30. The fraction of sp³-hybridized carbons (Fsp3) is 0.267. The van der Waals surface area contributed by atoms with E-state index < -0.39 is 0 Å². The minimum atomic E-state index is -0.0243. The first-order valence-electron chi connectivity index (χ1n) is 6.32. The molecule has 1 aliphatic heterocycles. The van der Waals surface area contributed by atoms with Crippen molar-refractivity contribution in [2.45, 2.75) is 19.1 Å². The molecule has 19 heavy (non-hydrogen) atoms. The topological polar surface area (TPSA) is 38.3 Å². The summed E-state index contributed by atoms with van der Waals surface area (Å²) in [4.78, 5) is 11.8. The maximum atomic E-state index is 11.8. The quantitative estimate of drug-likeness (QED) is 0.933. The van der Waals surface area contributed by atoms with Gasteiger partial charge in [-0.05, 0) is 22.6 Å². The zero-order chi connectivity index (χ0) is 13.1. The van der Waals surface area contributed by atoms with Crippen molar-refractivity contribution in [1.29, 1.82) is 0 Å².